The van der Waals surface area contributed by atoms with Crippen molar-refractivity contribution < 1.29 is 0 Å². The Morgan fingerprint density at radius 3 is 2.24 bits per heavy atom. The molecule has 17 heavy (non-hydrogen) atoms. The highest BCUT2D eigenvalue weighted by Crippen LogP contribution is 2.32. The van der Waals surface area contributed by atoms with E-state index in [-0.39, 0.29) is 0 Å². The molecule has 0 bridgehead atoms. The molecule has 4 unspecified atom stereocenters. The quantitative estimate of drug-likeness (QED) is 0.813. The predicted octanol–water partition coefficient (Wildman–Crippen LogP) is 2.74. The second-order valence-corrected chi connectivity index (χ2v) is 6.62. The zero-order valence-electron chi connectivity index (χ0n) is 12.1. The highest BCUT2D eigenvalue weighted by Gasteiger charge is 2.32. The van der Waals surface area contributed by atoms with Gasteiger partial charge in [-0.25, -0.2) is 0 Å². The summed E-state index contributed by atoms with van der Waals surface area (Å²) in [6, 6.07) is 1.49. The lowest BCUT2D eigenvalue weighted by Gasteiger charge is -2.35. The highest BCUT2D eigenvalue weighted by molar-refractivity contribution is 4.88. The average molecular weight is 238 g/mol. The molecule has 2 rings (SSSR count). The van der Waals surface area contributed by atoms with Gasteiger partial charge in [0.15, 0.2) is 0 Å². The highest BCUT2D eigenvalue weighted by atomic mass is 15.1. The van der Waals surface area contributed by atoms with Crippen LogP contribution in [0.2, 0.25) is 0 Å². The monoisotopic (exact) mass is 238 g/mol. The van der Waals surface area contributed by atoms with Crippen molar-refractivity contribution in [2.24, 2.45) is 17.8 Å². The topological polar surface area (TPSA) is 15.3 Å². The van der Waals surface area contributed by atoms with Crippen LogP contribution < -0.4 is 5.32 Å². The Morgan fingerprint density at radius 2 is 1.71 bits per heavy atom. The molecule has 1 N–H and O–H groups in total. The van der Waals surface area contributed by atoms with Gasteiger partial charge in [0.25, 0.3) is 0 Å². The fourth-order valence-corrected chi connectivity index (χ4v) is 3.60. The van der Waals surface area contributed by atoms with Crippen LogP contribution in [0.25, 0.3) is 0 Å². The lowest BCUT2D eigenvalue weighted by molar-refractivity contribution is 0.178. The van der Waals surface area contributed by atoms with Crippen molar-refractivity contribution in [3.63, 3.8) is 0 Å². The van der Waals surface area contributed by atoms with E-state index < -0.39 is 0 Å². The zero-order chi connectivity index (χ0) is 12.4. The fraction of sp³-hybridized carbons (Fsp3) is 1.00. The number of rotatable bonds is 3. The predicted molar refractivity (Wildman–Crippen MR) is 74.2 cm³/mol. The Hall–Kier alpha value is -0.0800. The summed E-state index contributed by atoms with van der Waals surface area (Å²) in [6.07, 6.45) is 5.56. The minimum absolute atomic E-state index is 0.710. The first-order valence-corrected chi connectivity index (χ1v) is 7.52. The van der Waals surface area contributed by atoms with E-state index in [4.69, 9.17) is 0 Å². The van der Waals surface area contributed by atoms with Gasteiger partial charge in [0.05, 0.1) is 0 Å². The van der Waals surface area contributed by atoms with Crippen LogP contribution in [-0.2, 0) is 0 Å². The molecule has 1 saturated heterocycles. The van der Waals surface area contributed by atoms with Crippen LogP contribution in [0, 0.1) is 17.8 Å². The number of hydrogen-bond donors (Lipinski definition) is 1. The number of nitrogens with one attached hydrogen (secondary N) is 1. The van der Waals surface area contributed by atoms with Gasteiger partial charge in [-0.1, -0.05) is 13.8 Å². The molecular weight excluding hydrogens is 208 g/mol. The average Bonchev–Trinajstić information content (AvgIpc) is 2.62. The lowest BCUT2D eigenvalue weighted by atomic mass is 9.89. The van der Waals surface area contributed by atoms with Gasteiger partial charge >= 0.3 is 0 Å². The third-order valence-corrected chi connectivity index (χ3v) is 5.41. The van der Waals surface area contributed by atoms with E-state index >= 15 is 0 Å². The van der Waals surface area contributed by atoms with E-state index in [0.717, 1.165) is 23.8 Å². The SMILES string of the molecule is CC1CCC(NC(C)C2CCN(C)CC2)C1C. The maximum absolute atomic E-state index is 3.93. The van der Waals surface area contributed by atoms with Crippen LogP contribution in [-0.4, -0.2) is 37.1 Å². The Balaban J connectivity index is 1.79. The number of piperidine rings is 1. The summed E-state index contributed by atoms with van der Waals surface area (Å²) in [5.41, 5.74) is 0. The second kappa shape index (κ2) is 5.71. The molecule has 2 heteroatoms. The molecule has 0 aromatic heterocycles. The molecule has 0 aromatic carbocycles. The molecule has 1 saturated carbocycles. The van der Waals surface area contributed by atoms with E-state index in [0.29, 0.717) is 6.04 Å². The Morgan fingerprint density at radius 1 is 1.06 bits per heavy atom. The van der Waals surface area contributed by atoms with Crippen LogP contribution in [0.5, 0.6) is 0 Å². The maximum Gasteiger partial charge on any atom is 0.00979 e. The van der Waals surface area contributed by atoms with E-state index in [2.05, 4.69) is 38.0 Å². The summed E-state index contributed by atoms with van der Waals surface area (Å²) in [5, 5.41) is 3.93. The number of hydrogen-bond acceptors (Lipinski definition) is 2. The zero-order valence-corrected chi connectivity index (χ0v) is 12.1. The summed E-state index contributed by atoms with van der Waals surface area (Å²) < 4.78 is 0. The first-order valence-electron chi connectivity index (χ1n) is 7.52. The molecule has 1 aliphatic carbocycles. The number of likely N-dealkylation sites (tertiary alicyclic amines) is 1. The standard InChI is InChI=1S/C15H30N2/c1-11-5-6-15(12(11)2)16-13(3)14-7-9-17(4)10-8-14/h11-16H,5-10H2,1-4H3. The van der Waals surface area contributed by atoms with Crippen LogP contribution in [0.15, 0.2) is 0 Å². The smallest absolute Gasteiger partial charge is 0.00979 e. The van der Waals surface area contributed by atoms with Gasteiger partial charge in [0.2, 0.25) is 0 Å². The van der Waals surface area contributed by atoms with Crippen molar-refractivity contribution in [1.82, 2.24) is 10.2 Å². The Labute approximate surface area is 107 Å². The van der Waals surface area contributed by atoms with Crippen LogP contribution in [0.3, 0.4) is 0 Å². The first kappa shape index (κ1) is 13.4. The summed E-state index contributed by atoms with van der Waals surface area (Å²) in [6.45, 7) is 9.82. The molecule has 100 valence electrons. The minimum atomic E-state index is 0.710. The molecule has 4 atom stereocenters. The van der Waals surface area contributed by atoms with E-state index in [1.807, 2.05) is 0 Å². The van der Waals surface area contributed by atoms with Crippen molar-refractivity contribution in [2.45, 2.75) is 58.5 Å². The molecule has 0 spiro atoms. The van der Waals surface area contributed by atoms with Gasteiger partial charge in [0, 0.05) is 12.1 Å². The summed E-state index contributed by atoms with van der Waals surface area (Å²) >= 11 is 0. The molecule has 0 radical (unpaired) electrons. The number of nitrogens with zero attached hydrogens (tertiary/aromatic N) is 1. The van der Waals surface area contributed by atoms with Crippen molar-refractivity contribution in [2.75, 3.05) is 20.1 Å². The fourth-order valence-electron chi connectivity index (χ4n) is 3.60. The van der Waals surface area contributed by atoms with E-state index in [1.165, 1.54) is 38.8 Å². The van der Waals surface area contributed by atoms with Crippen molar-refractivity contribution >= 4 is 0 Å². The van der Waals surface area contributed by atoms with Gasteiger partial charge in [0.1, 0.15) is 0 Å². The third kappa shape index (κ3) is 3.23. The molecule has 2 nitrogen and oxygen atoms in total. The van der Waals surface area contributed by atoms with Gasteiger partial charge in [-0.2, -0.15) is 0 Å². The molecular formula is C15H30N2. The van der Waals surface area contributed by atoms with Crippen molar-refractivity contribution in [3.8, 4) is 0 Å². The van der Waals surface area contributed by atoms with Gasteiger partial charge in [-0.15, -0.1) is 0 Å². The van der Waals surface area contributed by atoms with Gasteiger partial charge in [-0.05, 0) is 70.5 Å². The summed E-state index contributed by atoms with van der Waals surface area (Å²) in [4.78, 5) is 2.46. The van der Waals surface area contributed by atoms with Gasteiger partial charge < -0.3 is 10.2 Å². The normalized spacial score (nSPS) is 38.5. The maximum atomic E-state index is 3.93. The molecule has 0 amide bonds. The van der Waals surface area contributed by atoms with Crippen LogP contribution in [0.1, 0.15) is 46.5 Å². The Bertz CT molecular complexity index is 233. The molecule has 1 aliphatic heterocycles. The van der Waals surface area contributed by atoms with E-state index in [9.17, 15) is 0 Å². The molecule has 2 fully saturated rings. The Kier molecular flexibility index (Phi) is 4.48. The summed E-state index contributed by atoms with van der Waals surface area (Å²) in [5.74, 6) is 2.68. The van der Waals surface area contributed by atoms with Crippen molar-refractivity contribution in [1.29, 1.82) is 0 Å². The second-order valence-electron chi connectivity index (χ2n) is 6.62. The minimum Gasteiger partial charge on any atom is -0.311 e. The van der Waals surface area contributed by atoms with Crippen molar-refractivity contribution in [3.05, 3.63) is 0 Å². The lowest BCUT2D eigenvalue weighted by Crippen LogP contribution is -2.45. The summed E-state index contributed by atoms with van der Waals surface area (Å²) in [7, 11) is 2.25. The van der Waals surface area contributed by atoms with E-state index in [1.54, 1.807) is 0 Å². The molecule has 1 heterocycles. The first-order chi connectivity index (χ1) is 8.08. The molecule has 0 aromatic rings. The third-order valence-electron chi connectivity index (χ3n) is 5.41. The van der Waals surface area contributed by atoms with Gasteiger partial charge in [-0.3, -0.25) is 0 Å². The van der Waals surface area contributed by atoms with Crippen LogP contribution >= 0.6 is 0 Å². The largest absolute Gasteiger partial charge is 0.311 e. The molecule has 2 aliphatic rings. The van der Waals surface area contributed by atoms with Crippen LogP contribution in [0.4, 0.5) is 0 Å².